The van der Waals surface area contributed by atoms with E-state index in [0.29, 0.717) is 0 Å². The number of para-hydroxylation sites is 2. The van der Waals surface area contributed by atoms with E-state index in [1.807, 2.05) is 0 Å². The smallest absolute Gasteiger partial charge is 0.147 e. The average molecular weight is 524 g/mol. The first-order chi connectivity index (χ1) is 20.3. The number of imidazole rings is 1. The van der Waals surface area contributed by atoms with Crippen molar-refractivity contribution in [3.8, 4) is 11.3 Å². The van der Waals surface area contributed by atoms with E-state index in [1.54, 1.807) is 0 Å². The predicted octanol–water partition coefficient (Wildman–Crippen LogP) is 9.50. The van der Waals surface area contributed by atoms with Crippen molar-refractivity contribution in [1.82, 2.24) is 14.4 Å². The summed E-state index contributed by atoms with van der Waals surface area (Å²) in [6, 6.07) is 43.4. The minimum atomic E-state index is 0.986. The number of hydrogen-bond donors (Lipinski definition) is 0. The summed E-state index contributed by atoms with van der Waals surface area (Å²) >= 11 is 0. The van der Waals surface area contributed by atoms with Gasteiger partial charge in [-0.05, 0) is 82.1 Å². The van der Waals surface area contributed by atoms with Gasteiger partial charge in [0.25, 0.3) is 0 Å². The van der Waals surface area contributed by atoms with E-state index in [1.165, 1.54) is 43.6 Å². The largest absolute Gasteiger partial charge is 0.292 e. The predicted molar refractivity (Wildman–Crippen MR) is 171 cm³/mol. The number of aromatic nitrogens is 3. The van der Waals surface area contributed by atoms with Crippen LogP contribution in [0.2, 0.25) is 0 Å². The van der Waals surface area contributed by atoms with E-state index in [0.717, 1.165) is 52.0 Å². The van der Waals surface area contributed by atoms with Crippen LogP contribution in [0.4, 0.5) is 0 Å². The number of hydrogen-bond acceptors (Lipinski definition) is 2. The highest BCUT2D eigenvalue weighted by atomic mass is 15.0. The van der Waals surface area contributed by atoms with Crippen LogP contribution in [0.3, 0.4) is 0 Å². The lowest BCUT2D eigenvalue weighted by molar-refractivity contribution is 0.991. The summed E-state index contributed by atoms with van der Waals surface area (Å²) < 4.78 is 2.34. The molecule has 0 saturated carbocycles. The Kier molecular flexibility index (Phi) is 4.73. The summed E-state index contributed by atoms with van der Waals surface area (Å²) in [6.45, 7) is 0. The minimum absolute atomic E-state index is 0.986. The topological polar surface area (TPSA) is 30.2 Å². The van der Waals surface area contributed by atoms with Gasteiger partial charge in [0.1, 0.15) is 5.65 Å². The Balaban J connectivity index is 1.30. The lowest BCUT2D eigenvalue weighted by Gasteiger charge is -2.17. The van der Waals surface area contributed by atoms with Gasteiger partial charge in [-0.25, -0.2) is 9.97 Å². The van der Waals surface area contributed by atoms with Crippen molar-refractivity contribution in [3.05, 3.63) is 138 Å². The molecule has 5 aromatic carbocycles. The quantitative estimate of drug-likeness (QED) is 0.211. The van der Waals surface area contributed by atoms with Crippen LogP contribution in [0, 0.1) is 0 Å². The lowest BCUT2D eigenvalue weighted by Crippen LogP contribution is -2.00. The fourth-order valence-electron chi connectivity index (χ4n) is 6.69. The van der Waals surface area contributed by atoms with E-state index in [2.05, 4.69) is 132 Å². The number of fused-ring (bicyclic) bond motifs is 11. The molecule has 0 N–H and O–H groups in total. The third kappa shape index (κ3) is 3.39. The summed E-state index contributed by atoms with van der Waals surface area (Å²) in [5, 5.41) is 6.09. The molecule has 0 bridgehead atoms. The maximum absolute atomic E-state index is 5.19. The molecule has 1 aliphatic rings. The number of nitrogens with zero attached hydrogens (tertiary/aromatic N) is 3. The Morgan fingerprint density at radius 3 is 2.39 bits per heavy atom. The highest BCUT2D eigenvalue weighted by Crippen LogP contribution is 2.38. The Morgan fingerprint density at radius 1 is 0.561 bits per heavy atom. The Morgan fingerprint density at radius 2 is 1.39 bits per heavy atom. The van der Waals surface area contributed by atoms with Gasteiger partial charge in [0.2, 0.25) is 0 Å². The summed E-state index contributed by atoms with van der Waals surface area (Å²) in [7, 11) is 0. The van der Waals surface area contributed by atoms with E-state index in [-0.39, 0.29) is 0 Å². The molecular weight excluding hydrogens is 498 g/mol. The van der Waals surface area contributed by atoms with Crippen LogP contribution < -0.4 is 0 Å². The van der Waals surface area contributed by atoms with E-state index in [9.17, 15) is 0 Å². The first-order valence-electron chi connectivity index (χ1n) is 14.2. The van der Waals surface area contributed by atoms with Crippen molar-refractivity contribution in [1.29, 1.82) is 0 Å². The molecule has 0 aliphatic heterocycles. The molecule has 3 heteroatoms. The van der Waals surface area contributed by atoms with Crippen molar-refractivity contribution in [2.45, 2.75) is 12.8 Å². The summed E-state index contributed by atoms with van der Waals surface area (Å²) in [5.74, 6) is 0. The Labute approximate surface area is 237 Å². The number of allylic oxidation sites excluding steroid dienone is 1. The first-order valence-corrected chi connectivity index (χ1v) is 14.2. The second kappa shape index (κ2) is 8.61. The molecule has 192 valence electrons. The molecule has 3 heterocycles. The van der Waals surface area contributed by atoms with E-state index in [4.69, 9.17) is 9.97 Å². The molecular formula is C38H25N3. The molecule has 0 saturated heterocycles. The minimum Gasteiger partial charge on any atom is -0.292 e. The van der Waals surface area contributed by atoms with Gasteiger partial charge in [0, 0.05) is 16.3 Å². The lowest BCUT2D eigenvalue weighted by atomic mass is 9.90. The molecule has 9 rings (SSSR count). The zero-order chi connectivity index (χ0) is 26.9. The highest BCUT2D eigenvalue weighted by molar-refractivity contribution is 6.23. The van der Waals surface area contributed by atoms with Crippen LogP contribution >= 0.6 is 0 Å². The van der Waals surface area contributed by atoms with E-state index >= 15 is 0 Å². The van der Waals surface area contributed by atoms with Crippen molar-refractivity contribution in [3.63, 3.8) is 0 Å². The number of pyridine rings is 2. The van der Waals surface area contributed by atoms with Gasteiger partial charge in [-0.15, -0.1) is 0 Å². The number of rotatable bonds is 2. The molecule has 0 atom stereocenters. The van der Waals surface area contributed by atoms with Crippen molar-refractivity contribution in [2.75, 3.05) is 0 Å². The summed E-state index contributed by atoms with van der Waals surface area (Å²) in [5.41, 5.74) is 11.4. The molecule has 0 radical (unpaired) electrons. The Bertz CT molecular complexity index is 2370. The summed E-state index contributed by atoms with van der Waals surface area (Å²) in [4.78, 5) is 10.4. The van der Waals surface area contributed by atoms with Gasteiger partial charge in [-0.1, -0.05) is 91.0 Å². The SMILES string of the molecule is C1=C(c2cccc(-c3ccc4c5ccc6ccccc6c5c5nc6ccccc6n5c4c3)n2)CCc2ccccc21. The van der Waals surface area contributed by atoms with Crippen LogP contribution in [0.1, 0.15) is 23.2 Å². The van der Waals surface area contributed by atoms with Crippen LogP contribution in [0.15, 0.2) is 121 Å². The maximum Gasteiger partial charge on any atom is 0.147 e. The van der Waals surface area contributed by atoms with Crippen LogP contribution in [0.5, 0.6) is 0 Å². The van der Waals surface area contributed by atoms with Gasteiger partial charge in [-0.2, -0.15) is 0 Å². The normalized spacial score (nSPS) is 13.3. The van der Waals surface area contributed by atoms with Gasteiger partial charge >= 0.3 is 0 Å². The fraction of sp³-hybridized carbons (Fsp3) is 0.0526. The molecule has 0 amide bonds. The molecule has 0 unspecified atom stereocenters. The van der Waals surface area contributed by atoms with Crippen LogP contribution in [-0.4, -0.2) is 14.4 Å². The first kappa shape index (κ1) is 22.5. The fourth-order valence-corrected chi connectivity index (χ4v) is 6.69. The average Bonchev–Trinajstić information content (AvgIpc) is 3.44. The second-order valence-corrected chi connectivity index (χ2v) is 11.0. The maximum atomic E-state index is 5.19. The molecule has 0 fully saturated rings. The Hall–Kier alpha value is -5.28. The third-order valence-corrected chi connectivity index (χ3v) is 8.66. The zero-order valence-corrected chi connectivity index (χ0v) is 22.4. The second-order valence-electron chi connectivity index (χ2n) is 11.0. The van der Waals surface area contributed by atoms with Crippen molar-refractivity contribution < 1.29 is 0 Å². The number of benzene rings is 5. The van der Waals surface area contributed by atoms with Gasteiger partial charge in [0.05, 0.1) is 27.9 Å². The summed E-state index contributed by atoms with van der Waals surface area (Å²) in [6.07, 6.45) is 4.37. The molecule has 41 heavy (non-hydrogen) atoms. The molecule has 3 aromatic heterocycles. The monoisotopic (exact) mass is 523 g/mol. The van der Waals surface area contributed by atoms with Crippen molar-refractivity contribution in [2.24, 2.45) is 0 Å². The zero-order valence-electron chi connectivity index (χ0n) is 22.4. The van der Waals surface area contributed by atoms with Gasteiger partial charge in [-0.3, -0.25) is 4.40 Å². The molecule has 3 nitrogen and oxygen atoms in total. The molecule has 1 aliphatic carbocycles. The van der Waals surface area contributed by atoms with Gasteiger partial charge in [0.15, 0.2) is 0 Å². The van der Waals surface area contributed by atoms with Gasteiger partial charge < -0.3 is 0 Å². The third-order valence-electron chi connectivity index (χ3n) is 8.66. The molecule has 8 aromatic rings. The standard InChI is InChI=1S/C38H25N3/c1-2-10-26-22-27(17-16-24(26)8-1)32-13-7-14-33(39-32)28-19-20-30-31-21-18-25-9-3-4-11-29(25)37(31)38-40-34-12-5-6-15-35(34)41(38)36(30)23-28/h1-15,18-23H,16-17H2. The van der Waals surface area contributed by atoms with Crippen molar-refractivity contribution >= 4 is 60.8 Å². The van der Waals surface area contributed by atoms with E-state index < -0.39 is 0 Å². The van der Waals surface area contributed by atoms with Crippen LogP contribution in [0.25, 0.3) is 72.0 Å². The molecule has 0 spiro atoms. The number of aryl methyl sites for hydroxylation is 1. The highest BCUT2D eigenvalue weighted by Gasteiger charge is 2.17. The van der Waals surface area contributed by atoms with Crippen LogP contribution in [-0.2, 0) is 6.42 Å².